The van der Waals surface area contributed by atoms with Gasteiger partial charge in [0.15, 0.2) is 0 Å². The van der Waals surface area contributed by atoms with E-state index in [1.807, 2.05) is 0 Å². The summed E-state index contributed by atoms with van der Waals surface area (Å²) in [7, 11) is 0. The van der Waals surface area contributed by atoms with Gasteiger partial charge >= 0.3 is 5.97 Å². The quantitative estimate of drug-likeness (QED) is 0.880. The number of hydrogen-bond donors (Lipinski definition) is 2. The summed E-state index contributed by atoms with van der Waals surface area (Å²) in [5.41, 5.74) is 0.340. The molecule has 0 saturated heterocycles. The third-order valence-corrected chi connectivity index (χ3v) is 2.41. The molecule has 0 radical (unpaired) electrons. The second-order valence-corrected chi connectivity index (χ2v) is 3.84. The minimum absolute atomic E-state index is 0.0457. The Morgan fingerprint density at radius 1 is 1.44 bits per heavy atom. The molecule has 2 aromatic rings. The van der Waals surface area contributed by atoms with Crippen LogP contribution in [-0.2, 0) is 11.2 Å². The minimum Gasteiger partial charge on any atom is -0.481 e. The van der Waals surface area contributed by atoms with Crippen LogP contribution < -0.4 is 0 Å². The summed E-state index contributed by atoms with van der Waals surface area (Å²) in [5, 5.41) is 8.76. The van der Waals surface area contributed by atoms with Crippen molar-refractivity contribution in [1.29, 1.82) is 0 Å². The van der Waals surface area contributed by atoms with Crippen molar-refractivity contribution >= 4 is 5.97 Å². The molecule has 0 aliphatic heterocycles. The van der Waals surface area contributed by atoms with Crippen molar-refractivity contribution in [2.45, 2.75) is 13.3 Å². The van der Waals surface area contributed by atoms with Gasteiger partial charge in [-0.15, -0.1) is 0 Å². The highest BCUT2D eigenvalue weighted by atomic mass is 19.1. The van der Waals surface area contributed by atoms with E-state index in [0.717, 1.165) is 18.2 Å². The lowest BCUT2D eigenvalue weighted by Crippen LogP contribution is -2.02. The summed E-state index contributed by atoms with van der Waals surface area (Å²) in [6.07, 6.45) is -0.327. The zero-order valence-corrected chi connectivity index (χ0v) is 9.50. The van der Waals surface area contributed by atoms with Crippen LogP contribution in [0.2, 0.25) is 0 Å². The lowest BCUT2D eigenvalue weighted by Gasteiger charge is -2.02. The molecule has 1 aromatic carbocycles. The van der Waals surface area contributed by atoms with Gasteiger partial charge in [0, 0.05) is 5.56 Å². The van der Waals surface area contributed by atoms with Crippen molar-refractivity contribution < 1.29 is 18.7 Å². The highest BCUT2D eigenvalue weighted by Crippen LogP contribution is 2.25. The molecule has 1 heterocycles. The number of H-pyrrole nitrogens is 1. The number of aromatic amines is 1. The Labute approximate surface area is 101 Å². The molecule has 0 aliphatic rings. The second kappa shape index (κ2) is 4.56. The van der Waals surface area contributed by atoms with Crippen LogP contribution >= 0.6 is 0 Å². The van der Waals surface area contributed by atoms with Gasteiger partial charge in [0.25, 0.3) is 0 Å². The van der Waals surface area contributed by atoms with Crippen LogP contribution in [0.1, 0.15) is 11.5 Å². The molecule has 0 atom stereocenters. The number of imidazole rings is 1. The van der Waals surface area contributed by atoms with Crippen molar-refractivity contribution in [3.8, 4) is 11.3 Å². The first kappa shape index (κ1) is 12.2. The molecule has 0 fully saturated rings. The lowest BCUT2D eigenvalue weighted by molar-refractivity contribution is -0.136. The van der Waals surface area contributed by atoms with Crippen molar-refractivity contribution in [3.05, 3.63) is 41.4 Å². The first-order valence-electron chi connectivity index (χ1n) is 5.20. The van der Waals surface area contributed by atoms with E-state index in [9.17, 15) is 13.6 Å². The average Bonchev–Trinajstić information content (AvgIpc) is 2.62. The molecule has 0 amide bonds. The Kier molecular flexibility index (Phi) is 3.10. The molecule has 4 nitrogen and oxygen atoms in total. The number of rotatable bonds is 3. The van der Waals surface area contributed by atoms with E-state index in [2.05, 4.69) is 9.97 Å². The van der Waals surface area contributed by atoms with Gasteiger partial charge < -0.3 is 10.1 Å². The number of nitrogens with one attached hydrogen (secondary N) is 1. The predicted molar refractivity (Wildman–Crippen MR) is 60.0 cm³/mol. The molecule has 0 saturated carbocycles. The molecule has 0 unspecified atom stereocenters. The fraction of sp³-hybridized carbons (Fsp3) is 0.167. The Morgan fingerprint density at radius 3 is 2.83 bits per heavy atom. The van der Waals surface area contributed by atoms with Gasteiger partial charge in [-0.25, -0.2) is 13.8 Å². The molecule has 1 aromatic heterocycles. The molecule has 0 spiro atoms. The van der Waals surface area contributed by atoms with Gasteiger partial charge in [0.2, 0.25) is 0 Å². The van der Waals surface area contributed by atoms with Crippen molar-refractivity contribution in [2.24, 2.45) is 0 Å². The summed E-state index contributed by atoms with van der Waals surface area (Å²) in [6, 6.07) is 2.98. The molecule has 0 bridgehead atoms. The number of carbonyl (C=O) groups is 1. The highest BCUT2D eigenvalue weighted by Gasteiger charge is 2.17. The van der Waals surface area contributed by atoms with Gasteiger partial charge in [-0.2, -0.15) is 0 Å². The second-order valence-electron chi connectivity index (χ2n) is 3.84. The molecule has 0 aliphatic carbocycles. The number of aliphatic carboxylic acids is 1. The highest BCUT2D eigenvalue weighted by molar-refractivity contribution is 5.74. The van der Waals surface area contributed by atoms with Crippen LogP contribution in [0.15, 0.2) is 18.2 Å². The molecule has 6 heteroatoms. The van der Waals surface area contributed by atoms with Crippen molar-refractivity contribution in [3.63, 3.8) is 0 Å². The smallest absolute Gasteiger partial charge is 0.309 e. The summed E-state index contributed by atoms with van der Waals surface area (Å²) in [6.45, 7) is 1.62. The van der Waals surface area contributed by atoms with Crippen LogP contribution in [0.3, 0.4) is 0 Å². The first-order chi connectivity index (χ1) is 8.47. The fourth-order valence-corrected chi connectivity index (χ4v) is 1.72. The first-order valence-corrected chi connectivity index (χ1v) is 5.20. The Morgan fingerprint density at radius 2 is 2.17 bits per heavy atom. The molecule has 18 heavy (non-hydrogen) atoms. The van der Waals surface area contributed by atoms with E-state index in [1.54, 1.807) is 6.92 Å². The summed E-state index contributed by atoms with van der Waals surface area (Å²) in [4.78, 5) is 17.4. The maximum absolute atomic E-state index is 13.6. The van der Waals surface area contributed by atoms with Gasteiger partial charge in [-0.3, -0.25) is 4.79 Å². The normalized spacial score (nSPS) is 10.6. The minimum atomic E-state index is -1.07. The van der Waals surface area contributed by atoms with E-state index in [1.165, 1.54) is 0 Å². The monoisotopic (exact) mass is 252 g/mol. The van der Waals surface area contributed by atoms with E-state index in [4.69, 9.17) is 5.11 Å². The zero-order valence-electron chi connectivity index (χ0n) is 9.50. The van der Waals surface area contributed by atoms with Crippen LogP contribution in [0.4, 0.5) is 8.78 Å². The summed E-state index contributed by atoms with van der Waals surface area (Å²) >= 11 is 0. The molecule has 2 rings (SSSR count). The van der Waals surface area contributed by atoms with E-state index in [-0.39, 0.29) is 23.4 Å². The van der Waals surface area contributed by atoms with Crippen LogP contribution in [0.25, 0.3) is 11.3 Å². The maximum Gasteiger partial charge on any atom is 0.309 e. The van der Waals surface area contributed by atoms with Crippen LogP contribution in [-0.4, -0.2) is 21.0 Å². The third kappa shape index (κ3) is 2.37. The SMILES string of the molecule is Cc1nc(-c2cc(F)ccc2F)c(CC(=O)O)[nH]1. The van der Waals surface area contributed by atoms with Gasteiger partial charge in [-0.1, -0.05) is 0 Å². The average molecular weight is 252 g/mol. The summed E-state index contributed by atoms with van der Waals surface area (Å²) < 4.78 is 26.7. The largest absolute Gasteiger partial charge is 0.481 e. The zero-order chi connectivity index (χ0) is 13.3. The van der Waals surface area contributed by atoms with Crippen LogP contribution in [0, 0.1) is 18.6 Å². The number of aryl methyl sites for hydroxylation is 1. The van der Waals surface area contributed by atoms with Crippen LogP contribution in [0.5, 0.6) is 0 Å². The number of aromatic nitrogens is 2. The number of halogens is 2. The number of nitrogens with zero attached hydrogens (tertiary/aromatic N) is 1. The Balaban J connectivity index is 2.55. The van der Waals surface area contributed by atoms with Crippen molar-refractivity contribution in [2.75, 3.05) is 0 Å². The third-order valence-electron chi connectivity index (χ3n) is 2.41. The Bertz CT molecular complexity index is 608. The molecular formula is C12H10F2N2O2. The van der Waals surface area contributed by atoms with Crippen molar-refractivity contribution in [1.82, 2.24) is 9.97 Å². The standard InChI is InChI=1S/C12H10F2N2O2/c1-6-15-10(5-11(17)18)12(16-6)8-4-7(13)2-3-9(8)14/h2-4H,5H2,1H3,(H,15,16)(H,17,18). The number of carboxylic acids is 1. The molecule has 94 valence electrons. The van der Waals surface area contributed by atoms with E-state index < -0.39 is 17.6 Å². The van der Waals surface area contributed by atoms with Gasteiger partial charge in [0.05, 0.1) is 17.8 Å². The topological polar surface area (TPSA) is 66.0 Å². The molecule has 2 N–H and O–H groups in total. The predicted octanol–water partition coefficient (Wildman–Crippen LogP) is 2.29. The Hall–Kier alpha value is -2.24. The van der Waals surface area contributed by atoms with E-state index >= 15 is 0 Å². The number of benzene rings is 1. The summed E-state index contributed by atoms with van der Waals surface area (Å²) in [5.74, 6) is -1.87. The lowest BCUT2D eigenvalue weighted by atomic mass is 10.1. The number of carboxylic acid groups (broad SMARTS) is 1. The maximum atomic E-state index is 13.6. The van der Waals surface area contributed by atoms with Gasteiger partial charge in [-0.05, 0) is 25.1 Å². The number of hydrogen-bond acceptors (Lipinski definition) is 2. The van der Waals surface area contributed by atoms with E-state index in [0.29, 0.717) is 5.82 Å². The molecular weight excluding hydrogens is 242 g/mol. The fourth-order valence-electron chi connectivity index (χ4n) is 1.72. The van der Waals surface area contributed by atoms with Gasteiger partial charge in [0.1, 0.15) is 17.5 Å².